The fourth-order valence-electron chi connectivity index (χ4n) is 0.769. The minimum absolute atomic E-state index is 0.132. The summed E-state index contributed by atoms with van der Waals surface area (Å²) in [6.45, 7) is 0.132. The van der Waals surface area contributed by atoms with Crippen LogP contribution in [0.25, 0.3) is 0 Å². The summed E-state index contributed by atoms with van der Waals surface area (Å²) < 4.78 is 12.8. The minimum atomic E-state index is -0.410. The van der Waals surface area contributed by atoms with E-state index in [2.05, 4.69) is 0 Å². The summed E-state index contributed by atoms with van der Waals surface area (Å²) >= 11 is 5.54. The Labute approximate surface area is 68.9 Å². The van der Waals surface area contributed by atoms with E-state index in [1.54, 1.807) is 0 Å². The van der Waals surface area contributed by atoms with Crippen LogP contribution in [-0.2, 0) is 6.54 Å². The quantitative estimate of drug-likeness (QED) is 0.635. The first-order valence-electron chi connectivity index (χ1n) is 3.08. The van der Waals surface area contributed by atoms with Crippen molar-refractivity contribution in [1.82, 2.24) is 0 Å². The molecular weight excluding hydrogens is 167 g/mol. The van der Waals surface area contributed by atoms with Crippen LogP contribution in [0.4, 0.5) is 10.1 Å². The third-order valence-electron chi connectivity index (χ3n) is 1.39. The molecule has 2 nitrogen and oxygen atoms in total. The maximum atomic E-state index is 12.8. The molecule has 0 unspecified atom stereocenters. The second-order valence-corrected chi connectivity index (χ2v) is 2.58. The van der Waals surface area contributed by atoms with Crippen LogP contribution in [-0.4, -0.2) is 0 Å². The maximum Gasteiger partial charge on any atom is 0.129 e. The van der Waals surface area contributed by atoms with Gasteiger partial charge in [0, 0.05) is 12.1 Å². The SMILES string of the molecule is NCc1cc(N)c(Cl)cc1F. The van der Waals surface area contributed by atoms with Gasteiger partial charge in [0.15, 0.2) is 0 Å². The van der Waals surface area contributed by atoms with Gasteiger partial charge in [-0.1, -0.05) is 11.6 Å². The molecule has 60 valence electrons. The van der Waals surface area contributed by atoms with E-state index < -0.39 is 5.82 Å². The van der Waals surface area contributed by atoms with E-state index in [1.165, 1.54) is 12.1 Å². The average molecular weight is 175 g/mol. The number of anilines is 1. The monoisotopic (exact) mass is 174 g/mol. The third kappa shape index (κ3) is 1.61. The fourth-order valence-corrected chi connectivity index (χ4v) is 0.920. The average Bonchev–Trinajstić information content (AvgIpc) is 1.97. The second kappa shape index (κ2) is 3.07. The van der Waals surface area contributed by atoms with Crippen molar-refractivity contribution in [1.29, 1.82) is 0 Å². The zero-order chi connectivity index (χ0) is 8.43. The Morgan fingerprint density at radius 1 is 1.45 bits per heavy atom. The molecule has 0 aromatic heterocycles. The zero-order valence-corrected chi connectivity index (χ0v) is 6.53. The van der Waals surface area contributed by atoms with Crippen molar-refractivity contribution >= 4 is 17.3 Å². The molecule has 0 saturated carbocycles. The van der Waals surface area contributed by atoms with E-state index in [1.807, 2.05) is 0 Å². The summed E-state index contributed by atoms with van der Waals surface area (Å²) in [5.41, 5.74) is 11.4. The Kier molecular flexibility index (Phi) is 2.31. The number of hydrogen-bond donors (Lipinski definition) is 2. The Morgan fingerprint density at radius 2 is 2.09 bits per heavy atom. The van der Waals surface area contributed by atoms with Gasteiger partial charge < -0.3 is 11.5 Å². The number of halogens is 2. The number of nitrogens with two attached hydrogens (primary N) is 2. The molecule has 0 fully saturated rings. The van der Waals surface area contributed by atoms with Crippen molar-refractivity contribution in [3.05, 3.63) is 28.5 Å². The Balaban J connectivity index is 3.21. The molecule has 0 atom stereocenters. The van der Waals surface area contributed by atoms with Crippen LogP contribution in [0, 0.1) is 5.82 Å². The van der Waals surface area contributed by atoms with Crippen molar-refractivity contribution in [3.63, 3.8) is 0 Å². The van der Waals surface area contributed by atoms with Gasteiger partial charge in [-0.05, 0) is 12.1 Å². The molecule has 0 aliphatic heterocycles. The Morgan fingerprint density at radius 3 is 2.64 bits per heavy atom. The summed E-state index contributed by atoms with van der Waals surface area (Å²) in [5, 5.41) is 0.222. The summed E-state index contributed by atoms with van der Waals surface area (Å²) in [5.74, 6) is -0.410. The first-order chi connectivity index (χ1) is 5.15. The van der Waals surface area contributed by atoms with E-state index in [9.17, 15) is 4.39 Å². The molecule has 0 saturated heterocycles. The molecule has 1 aromatic rings. The highest BCUT2D eigenvalue weighted by Gasteiger charge is 2.03. The topological polar surface area (TPSA) is 52.0 Å². The second-order valence-electron chi connectivity index (χ2n) is 2.17. The lowest BCUT2D eigenvalue weighted by Crippen LogP contribution is -2.01. The van der Waals surface area contributed by atoms with E-state index in [0.717, 1.165) is 0 Å². The molecule has 0 heterocycles. The molecule has 11 heavy (non-hydrogen) atoms. The van der Waals surface area contributed by atoms with Gasteiger partial charge in [-0.15, -0.1) is 0 Å². The van der Waals surface area contributed by atoms with Crippen LogP contribution in [0.2, 0.25) is 5.02 Å². The molecule has 1 aromatic carbocycles. The smallest absolute Gasteiger partial charge is 0.129 e. The van der Waals surface area contributed by atoms with E-state index in [0.29, 0.717) is 11.3 Å². The van der Waals surface area contributed by atoms with Crippen molar-refractivity contribution in [2.45, 2.75) is 6.54 Å². The van der Waals surface area contributed by atoms with Gasteiger partial charge in [0.25, 0.3) is 0 Å². The predicted molar refractivity (Wildman–Crippen MR) is 43.7 cm³/mol. The van der Waals surface area contributed by atoms with Gasteiger partial charge in [0.2, 0.25) is 0 Å². The number of rotatable bonds is 1. The first-order valence-corrected chi connectivity index (χ1v) is 3.46. The summed E-state index contributed by atoms with van der Waals surface area (Å²) in [6.07, 6.45) is 0. The van der Waals surface area contributed by atoms with Crippen LogP contribution in [0.5, 0.6) is 0 Å². The fraction of sp³-hybridized carbons (Fsp3) is 0.143. The maximum absolute atomic E-state index is 12.8. The molecule has 1 rings (SSSR count). The minimum Gasteiger partial charge on any atom is -0.398 e. The number of hydrogen-bond acceptors (Lipinski definition) is 2. The van der Waals surface area contributed by atoms with Crippen molar-refractivity contribution in [2.24, 2.45) is 5.73 Å². The van der Waals surface area contributed by atoms with E-state index >= 15 is 0 Å². The van der Waals surface area contributed by atoms with Gasteiger partial charge in [-0.3, -0.25) is 0 Å². The summed E-state index contributed by atoms with van der Waals surface area (Å²) in [6, 6.07) is 2.61. The van der Waals surface area contributed by atoms with Crippen LogP contribution in [0.3, 0.4) is 0 Å². The van der Waals surface area contributed by atoms with Crippen LogP contribution in [0.1, 0.15) is 5.56 Å². The number of nitrogen functional groups attached to an aromatic ring is 1. The van der Waals surface area contributed by atoms with Crippen LogP contribution >= 0.6 is 11.6 Å². The van der Waals surface area contributed by atoms with Crippen LogP contribution in [0.15, 0.2) is 12.1 Å². The largest absolute Gasteiger partial charge is 0.398 e. The molecule has 4 N–H and O–H groups in total. The lowest BCUT2D eigenvalue weighted by molar-refractivity contribution is 0.611. The van der Waals surface area contributed by atoms with Gasteiger partial charge in [-0.25, -0.2) is 4.39 Å². The van der Waals surface area contributed by atoms with Crippen molar-refractivity contribution in [3.8, 4) is 0 Å². The first kappa shape index (κ1) is 8.30. The zero-order valence-electron chi connectivity index (χ0n) is 5.77. The molecule has 4 heteroatoms. The lowest BCUT2D eigenvalue weighted by Gasteiger charge is -2.02. The molecule has 0 bridgehead atoms. The molecule has 0 aliphatic rings. The lowest BCUT2D eigenvalue weighted by atomic mass is 10.2. The van der Waals surface area contributed by atoms with Gasteiger partial charge in [-0.2, -0.15) is 0 Å². The predicted octanol–water partition coefficient (Wildman–Crippen LogP) is 1.52. The van der Waals surface area contributed by atoms with Crippen molar-refractivity contribution in [2.75, 3.05) is 5.73 Å². The van der Waals surface area contributed by atoms with Crippen LogP contribution < -0.4 is 11.5 Å². The van der Waals surface area contributed by atoms with E-state index in [4.69, 9.17) is 23.1 Å². The molecule has 0 radical (unpaired) electrons. The standard InChI is InChI=1S/C7H8ClFN2/c8-5-2-6(9)4(3-10)1-7(5)11/h1-2H,3,10-11H2. The highest BCUT2D eigenvalue weighted by molar-refractivity contribution is 6.33. The van der Waals surface area contributed by atoms with Crippen molar-refractivity contribution < 1.29 is 4.39 Å². The highest BCUT2D eigenvalue weighted by atomic mass is 35.5. The molecule has 0 aliphatic carbocycles. The van der Waals surface area contributed by atoms with E-state index in [-0.39, 0.29) is 11.6 Å². The van der Waals surface area contributed by atoms with Gasteiger partial charge in [0.1, 0.15) is 5.82 Å². The summed E-state index contributed by atoms with van der Waals surface area (Å²) in [7, 11) is 0. The molecular formula is C7H8ClFN2. The normalized spacial score (nSPS) is 10.1. The Hall–Kier alpha value is -0.800. The number of benzene rings is 1. The molecule has 0 spiro atoms. The summed E-state index contributed by atoms with van der Waals surface area (Å²) in [4.78, 5) is 0. The van der Waals surface area contributed by atoms with Gasteiger partial charge in [0.05, 0.1) is 10.7 Å². The van der Waals surface area contributed by atoms with Gasteiger partial charge >= 0.3 is 0 Å². The highest BCUT2D eigenvalue weighted by Crippen LogP contribution is 2.21. The Bertz CT molecular complexity index is 275. The molecule has 0 amide bonds. The third-order valence-corrected chi connectivity index (χ3v) is 1.71.